The maximum atomic E-state index is 5.97. The van der Waals surface area contributed by atoms with Crippen LogP contribution in [0.3, 0.4) is 0 Å². The summed E-state index contributed by atoms with van der Waals surface area (Å²) in [4.78, 5) is 0. The lowest BCUT2D eigenvalue weighted by Gasteiger charge is -2.22. The van der Waals surface area contributed by atoms with Crippen LogP contribution in [-0.4, -0.2) is 19.3 Å². The van der Waals surface area contributed by atoms with Crippen molar-refractivity contribution in [2.24, 2.45) is 0 Å². The van der Waals surface area contributed by atoms with Gasteiger partial charge in [-0.15, -0.1) is 0 Å². The summed E-state index contributed by atoms with van der Waals surface area (Å²) in [6.07, 6.45) is 4.04. The van der Waals surface area contributed by atoms with Crippen LogP contribution in [0, 0.1) is 0 Å². The van der Waals surface area contributed by atoms with Crippen molar-refractivity contribution in [3.8, 4) is 0 Å². The molecule has 1 saturated heterocycles. The predicted octanol–water partition coefficient (Wildman–Crippen LogP) is 3.76. The molecule has 1 atom stereocenters. The Morgan fingerprint density at radius 3 is 3.06 bits per heavy atom. The molecule has 1 unspecified atom stereocenters. The smallest absolute Gasteiger partial charge is 0.0699 e. The van der Waals surface area contributed by atoms with Gasteiger partial charge in [0.05, 0.1) is 6.10 Å². The van der Waals surface area contributed by atoms with Crippen molar-refractivity contribution in [1.29, 1.82) is 0 Å². The lowest BCUT2D eigenvalue weighted by Crippen LogP contribution is -2.31. The van der Waals surface area contributed by atoms with Crippen LogP contribution < -0.4 is 5.32 Å². The van der Waals surface area contributed by atoms with E-state index in [0.29, 0.717) is 6.10 Å². The van der Waals surface area contributed by atoms with E-state index in [1.807, 2.05) is 18.2 Å². The summed E-state index contributed by atoms with van der Waals surface area (Å²) in [5.74, 6) is 0. The lowest BCUT2D eigenvalue weighted by atomic mass is 10.1. The van der Waals surface area contributed by atoms with E-state index in [2.05, 4.69) is 21.2 Å². The van der Waals surface area contributed by atoms with E-state index in [1.165, 1.54) is 24.8 Å². The third kappa shape index (κ3) is 4.25. The first kappa shape index (κ1) is 13.3. The zero-order valence-electron chi connectivity index (χ0n) is 9.72. The molecule has 2 rings (SSSR count). The normalized spacial score (nSPS) is 20.5. The van der Waals surface area contributed by atoms with Gasteiger partial charge in [-0.1, -0.05) is 27.5 Å². The molecule has 1 aromatic carbocycles. The highest BCUT2D eigenvalue weighted by molar-refractivity contribution is 9.10. The molecule has 1 N–H and O–H groups in total. The summed E-state index contributed by atoms with van der Waals surface area (Å²) in [7, 11) is 0. The van der Waals surface area contributed by atoms with E-state index in [4.69, 9.17) is 16.3 Å². The predicted molar refractivity (Wildman–Crippen MR) is 74.4 cm³/mol. The Morgan fingerprint density at radius 2 is 2.29 bits per heavy atom. The first-order valence-corrected chi connectivity index (χ1v) is 7.19. The second-order valence-corrected chi connectivity index (χ2v) is 5.65. The van der Waals surface area contributed by atoms with Crippen molar-refractivity contribution in [2.75, 3.05) is 13.2 Å². The molecule has 0 radical (unpaired) electrons. The minimum absolute atomic E-state index is 0.377. The molecule has 0 amide bonds. The van der Waals surface area contributed by atoms with Crippen LogP contribution in [0.1, 0.15) is 24.8 Å². The Bertz CT molecular complexity index is 366. The van der Waals surface area contributed by atoms with Crippen LogP contribution >= 0.6 is 27.5 Å². The molecule has 0 aromatic heterocycles. The molecule has 2 nitrogen and oxygen atoms in total. The second-order valence-electron chi connectivity index (χ2n) is 4.36. The summed E-state index contributed by atoms with van der Waals surface area (Å²) in [6, 6.07) is 5.86. The van der Waals surface area contributed by atoms with Gasteiger partial charge < -0.3 is 10.1 Å². The number of benzene rings is 1. The van der Waals surface area contributed by atoms with Gasteiger partial charge in [0.15, 0.2) is 0 Å². The standard InChI is InChI=1S/C13H17BrClNO/c14-13-5-4-11(15)7-10(13)8-16-9-12-3-1-2-6-17-12/h4-5,7,12,16H,1-3,6,8-9H2. The molecule has 1 aliphatic heterocycles. The van der Waals surface area contributed by atoms with Crippen LogP contribution in [0.15, 0.2) is 22.7 Å². The number of nitrogens with one attached hydrogen (secondary N) is 1. The summed E-state index contributed by atoms with van der Waals surface area (Å²) in [6.45, 7) is 2.65. The zero-order valence-corrected chi connectivity index (χ0v) is 12.1. The van der Waals surface area contributed by atoms with Crippen molar-refractivity contribution in [1.82, 2.24) is 5.32 Å². The van der Waals surface area contributed by atoms with Crippen molar-refractivity contribution >= 4 is 27.5 Å². The van der Waals surface area contributed by atoms with Crippen molar-refractivity contribution in [3.63, 3.8) is 0 Å². The quantitative estimate of drug-likeness (QED) is 0.912. The Kier molecular flexibility index (Phi) is 5.29. The molecule has 0 spiro atoms. The van der Waals surface area contributed by atoms with Crippen molar-refractivity contribution in [3.05, 3.63) is 33.3 Å². The average molecular weight is 319 g/mol. The van der Waals surface area contributed by atoms with Gasteiger partial charge in [-0.2, -0.15) is 0 Å². The van der Waals surface area contributed by atoms with Gasteiger partial charge >= 0.3 is 0 Å². The average Bonchev–Trinajstić information content (AvgIpc) is 2.35. The molecular weight excluding hydrogens is 302 g/mol. The minimum Gasteiger partial charge on any atom is -0.377 e. The molecular formula is C13H17BrClNO. The number of halogens is 2. The lowest BCUT2D eigenvalue weighted by molar-refractivity contribution is 0.0168. The largest absolute Gasteiger partial charge is 0.377 e. The van der Waals surface area contributed by atoms with Crippen LogP contribution in [0.5, 0.6) is 0 Å². The fourth-order valence-corrected chi connectivity index (χ4v) is 2.60. The molecule has 94 valence electrons. The van der Waals surface area contributed by atoms with Gasteiger partial charge in [-0.3, -0.25) is 0 Å². The summed E-state index contributed by atoms with van der Waals surface area (Å²) < 4.78 is 6.77. The minimum atomic E-state index is 0.377. The van der Waals surface area contributed by atoms with Crippen LogP contribution in [-0.2, 0) is 11.3 Å². The van der Waals surface area contributed by atoms with Gasteiger partial charge in [0.1, 0.15) is 0 Å². The van der Waals surface area contributed by atoms with Gasteiger partial charge in [0.2, 0.25) is 0 Å². The highest BCUT2D eigenvalue weighted by atomic mass is 79.9. The highest BCUT2D eigenvalue weighted by Crippen LogP contribution is 2.21. The third-order valence-corrected chi connectivity index (χ3v) is 3.98. The van der Waals surface area contributed by atoms with Crippen LogP contribution in [0.4, 0.5) is 0 Å². The van der Waals surface area contributed by atoms with E-state index >= 15 is 0 Å². The fourth-order valence-electron chi connectivity index (χ4n) is 2.01. The molecule has 1 aromatic rings. The fraction of sp³-hybridized carbons (Fsp3) is 0.538. The van der Waals surface area contributed by atoms with E-state index < -0.39 is 0 Å². The van der Waals surface area contributed by atoms with Gasteiger partial charge in [0.25, 0.3) is 0 Å². The van der Waals surface area contributed by atoms with Crippen LogP contribution in [0.25, 0.3) is 0 Å². The molecule has 1 heterocycles. The maximum Gasteiger partial charge on any atom is 0.0699 e. The van der Waals surface area contributed by atoms with Crippen LogP contribution in [0.2, 0.25) is 5.02 Å². The topological polar surface area (TPSA) is 21.3 Å². The molecule has 1 aliphatic rings. The summed E-state index contributed by atoms with van der Waals surface area (Å²) in [5.41, 5.74) is 1.19. The molecule has 0 aliphatic carbocycles. The van der Waals surface area contributed by atoms with Gasteiger partial charge in [0, 0.05) is 29.2 Å². The molecule has 4 heteroatoms. The summed E-state index contributed by atoms with van der Waals surface area (Å²) in [5, 5.41) is 4.20. The van der Waals surface area contributed by atoms with E-state index in [9.17, 15) is 0 Å². The first-order valence-electron chi connectivity index (χ1n) is 6.02. The highest BCUT2D eigenvalue weighted by Gasteiger charge is 2.13. The Hall–Kier alpha value is -0.0900. The zero-order chi connectivity index (χ0) is 12.1. The first-order chi connectivity index (χ1) is 8.25. The maximum absolute atomic E-state index is 5.97. The van der Waals surface area contributed by atoms with Gasteiger partial charge in [-0.25, -0.2) is 0 Å². The van der Waals surface area contributed by atoms with Crippen molar-refractivity contribution < 1.29 is 4.74 Å². The second kappa shape index (κ2) is 6.74. The molecule has 0 bridgehead atoms. The Labute approximate surface area is 116 Å². The Morgan fingerprint density at radius 1 is 1.41 bits per heavy atom. The van der Waals surface area contributed by atoms with E-state index in [-0.39, 0.29) is 0 Å². The number of ether oxygens (including phenoxy) is 1. The molecule has 1 fully saturated rings. The third-order valence-electron chi connectivity index (χ3n) is 2.97. The molecule has 17 heavy (non-hydrogen) atoms. The number of rotatable bonds is 4. The number of hydrogen-bond acceptors (Lipinski definition) is 2. The monoisotopic (exact) mass is 317 g/mol. The van der Waals surface area contributed by atoms with E-state index in [0.717, 1.165) is 29.2 Å². The van der Waals surface area contributed by atoms with E-state index in [1.54, 1.807) is 0 Å². The summed E-state index contributed by atoms with van der Waals surface area (Å²) >= 11 is 9.50. The van der Waals surface area contributed by atoms with Gasteiger partial charge in [-0.05, 0) is 43.0 Å². The number of hydrogen-bond donors (Lipinski definition) is 1. The molecule has 0 saturated carbocycles. The van der Waals surface area contributed by atoms with Crippen molar-refractivity contribution in [2.45, 2.75) is 31.9 Å². The SMILES string of the molecule is Clc1ccc(Br)c(CNCC2CCCCO2)c1. The Balaban J connectivity index is 1.79.